The second-order valence-corrected chi connectivity index (χ2v) is 10.5. The number of para-hydroxylation sites is 4. The Morgan fingerprint density at radius 2 is 0.825 bits per heavy atom. The van der Waals surface area contributed by atoms with E-state index in [4.69, 9.17) is 5.84 Å². The van der Waals surface area contributed by atoms with Crippen molar-refractivity contribution in [2.24, 2.45) is 0 Å². The number of fused-ring (bicyclic) bond motifs is 11. The minimum Gasteiger partial charge on any atom is -0.339 e. The zero-order valence-electron chi connectivity index (χ0n) is 21.6. The van der Waals surface area contributed by atoms with Gasteiger partial charge in [0.2, 0.25) is 0 Å². The van der Waals surface area contributed by atoms with Crippen molar-refractivity contribution in [1.29, 1.82) is 0 Å². The molecule has 2 N–H and O–H groups in total. The maximum Gasteiger partial charge on any atom is 0.0803 e. The van der Waals surface area contributed by atoms with E-state index in [0.717, 1.165) is 27.9 Å². The molecular weight excluding hydrogens is 488 g/mol. The second kappa shape index (κ2) is 7.78. The van der Waals surface area contributed by atoms with Gasteiger partial charge in [-0.1, -0.05) is 84.9 Å². The predicted octanol–water partition coefficient (Wildman–Crippen LogP) is 8.70. The van der Waals surface area contributed by atoms with Crippen LogP contribution in [0.2, 0.25) is 0 Å². The first-order valence-electron chi connectivity index (χ1n) is 13.6. The number of hydrogen-bond acceptors (Lipinski definition) is 1. The number of nitrogen functional groups attached to an aromatic ring is 1. The highest BCUT2D eigenvalue weighted by Gasteiger charge is 2.23. The van der Waals surface area contributed by atoms with Crippen LogP contribution in [0.4, 0.5) is 0 Å². The molecular formula is C36H24N4. The van der Waals surface area contributed by atoms with Gasteiger partial charge in [0.05, 0.1) is 33.1 Å². The summed E-state index contributed by atoms with van der Waals surface area (Å²) in [6.07, 6.45) is 0. The number of nitrogens with zero attached hydrogens (tertiary/aromatic N) is 3. The molecule has 0 aliphatic rings. The fraction of sp³-hybridized carbons (Fsp3) is 0. The van der Waals surface area contributed by atoms with Crippen molar-refractivity contribution >= 4 is 65.4 Å². The van der Waals surface area contributed by atoms with Gasteiger partial charge in [-0.05, 0) is 48.5 Å². The minimum atomic E-state index is 1.03. The van der Waals surface area contributed by atoms with Gasteiger partial charge >= 0.3 is 0 Å². The number of nitrogens with two attached hydrogens (primary N) is 1. The van der Waals surface area contributed by atoms with Gasteiger partial charge < -0.3 is 15.0 Å². The van der Waals surface area contributed by atoms with Crippen LogP contribution < -0.4 is 5.84 Å². The van der Waals surface area contributed by atoms with Gasteiger partial charge in [0.15, 0.2) is 0 Å². The molecule has 0 unspecified atom stereocenters. The van der Waals surface area contributed by atoms with Crippen LogP contribution in [0.1, 0.15) is 0 Å². The molecule has 3 heterocycles. The van der Waals surface area contributed by atoms with E-state index in [9.17, 15) is 0 Å². The summed E-state index contributed by atoms with van der Waals surface area (Å²) in [7, 11) is 0. The molecule has 0 aliphatic carbocycles. The van der Waals surface area contributed by atoms with Crippen LogP contribution >= 0.6 is 0 Å². The summed E-state index contributed by atoms with van der Waals surface area (Å²) in [6.45, 7) is 0. The van der Waals surface area contributed by atoms with Gasteiger partial charge in [0.1, 0.15) is 0 Å². The van der Waals surface area contributed by atoms with E-state index in [1.165, 1.54) is 48.9 Å². The third-order valence-electron chi connectivity index (χ3n) is 8.42. The molecule has 6 aromatic carbocycles. The molecule has 9 rings (SSSR count). The van der Waals surface area contributed by atoms with Crippen LogP contribution in [-0.2, 0) is 0 Å². The lowest BCUT2D eigenvalue weighted by molar-refractivity contribution is 1.12. The van der Waals surface area contributed by atoms with Crippen LogP contribution in [0.5, 0.6) is 0 Å². The van der Waals surface area contributed by atoms with Crippen molar-refractivity contribution in [2.75, 3.05) is 5.84 Å². The number of benzene rings is 6. The lowest BCUT2D eigenvalue weighted by Gasteiger charge is -2.12. The fourth-order valence-corrected chi connectivity index (χ4v) is 6.81. The molecule has 0 amide bonds. The number of hydrogen-bond donors (Lipinski definition) is 1. The first-order valence-corrected chi connectivity index (χ1v) is 13.6. The summed E-state index contributed by atoms with van der Waals surface area (Å²) in [4.78, 5) is 0. The van der Waals surface area contributed by atoms with E-state index < -0.39 is 0 Å². The normalized spacial score (nSPS) is 12.1. The molecule has 9 aromatic rings. The average Bonchev–Trinajstić information content (AvgIpc) is 3.64. The highest BCUT2D eigenvalue weighted by molar-refractivity contribution is 6.30. The maximum atomic E-state index is 6.88. The van der Waals surface area contributed by atoms with Crippen LogP contribution in [0.25, 0.3) is 76.8 Å². The zero-order chi connectivity index (χ0) is 26.4. The van der Waals surface area contributed by atoms with Gasteiger partial charge in [-0.25, -0.2) is 0 Å². The summed E-state index contributed by atoms with van der Waals surface area (Å²) in [6, 6.07) is 47.5. The Labute approximate surface area is 229 Å². The topological polar surface area (TPSA) is 40.8 Å². The summed E-state index contributed by atoms with van der Waals surface area (Å²) in [5.41, 5.74) is 9.06. The van der Waals surface area contributed by atoms with E-state index in [0.29, 0.717) is 0 Å². The Kier molecular flexibility index (Phi) is 4.17. The Balaban J connectivity index is 1.61. The minimum absolute atomic E-state index is 1.03. The second-order valence-electron chi connectivity index (χ2n) is 10.5. The molecule has 0 spiro atoms. The first kappa shape index (κ1) is 21.5. The van der Waals surface area contributed by atoms with Crippen molar-refractivity contribution < 1.29 is 0 Å². The van der Waals surface area contributed by atoms with Crippen molar-refractivity contribution in [3.05, 3.63) is 133 Å². The SMILES string of the molecule is Nn1c2ccccc2c2ccc3c(c4ccc5c6ccccc6n(-c6ccccc6)c5c4n3-c3ccccc3)c21. The molecule has 0 radical (unpaired) electrons. The third kappa shape index (κ3) is 2.65. The highest BCUT2D eigenvalue weighted by Crippen LogP contribution is 2.44. The molecule has 0 fully saturated rings. The van der Waals surface area contributed by atoms with Gasteiger partial charge in [0.25, 0.3) is 0 Å². The third-order valence-corrected chi connectivity index (χ3v) is 8.42. The van der Waals surface area contributed by atoms with Crippen LogP contribution in [-0.4, -0.2) is 13.8 Å². The molecule has 0 aliphatic heterocycles. The number of rotatable bonds is 2. The molecule has 0 saturated carbocycles. The lowest BCUT2D eigenvalue weighted by atomic mass is 10.1. The van der Waals surface area contributed by atoms with Gasteiger partial charge in [-0.3, -0.25) is 4.68 Å². The van der Waals surface area contributed by atoms with Crippen LogP contribution in [0, 0.1) is 0 Å². The van der Waals surface area contributed by atoms with Crippen molar-refractivity contribution in [3.63, 3.8) is 0 Å². The Bertz CT molecular complexity index is 2420. The Hall–Kier alpha value is -5.48. The Morgan fingerprint density at radius 1 is 0.350 bits per heavy atom. The largest absolute Gasteiger partial charge is 0.339 e. The predicted molar refractivity (Wildman–Crippen MR) is 168 cm³/mol. The molecule has 0 saturated heterocycles. The fourth-order valence-electron chi connectivity index (χ4n) is 6.81. The van der Waals surface area contributed by atoms with E-state index in [-0.39, 0.29) is 0 Å². The van der Waals surface area contributed by atoms with Crippen molar-refractivity contribution in [3.8, 4) is 11.4 Å². The van der Waals surface area contributed by atoms with E-state index >= 15 is 0 Å². The first-order chi connectivity index (χ1) is 19.8. The van der Waals surface area contributed by atoms with Gasteiger partial charge in [-0.15, -0.1) is 0 Å². The maximum absolute atomic E-state index is 6.88. The molecule has 0 atom stereocenters. The highest BCUT2D eigenvalue weighted by atomic mass is 15.3. The Morgan fingerprint density at radius 3 is 1.52 bits per heavy atom. The standard InChI is InChI=1S/C36H24N4/c37-40-31-18-10-8-16-26(31)27-21-22-32-33(34(27)40)29-20-19-28-25-15-7-9-17-30(25)38(23-11-3-1-4-12-23)35(28)36(29)39(32)24-13-5-2-6-14-24/h1-22H,37H2. The molecule has 4 heteroatoms. The molecule has 0 bridgehead atoms. The van der Waals surface area contributed by atoms with E-state index in [1.807, 2.05) is 4.68 Å². The summed E-state index contributed by atoms with van der Waals surface area (Å²) in [5, 5.41) is 7.17. The summed E-state index contributed by atoms with van der Waals surface area (Å²) < 4.78 is 6.71. The van der Waals surface area contributed by atoms with E-state index in [2.05, 4.69) is 143 Å². The van der Waals surface area contributed by atoms with Crippen molar-refractivity contribution in [2.45, 2.75) is 0 Å². The van der Waals surface area contributed by atoms with Crippen LogP contribution in [0.3, 0.4) is 0 Å². The van der Waals surface area contributed by atoms with Crippen molar-refractivity contribution in [1.82, 2.24) is 13.8 Å². The van der Waals surface area contributed by atoms with Gasteiger partial charge in [0, 0.05) is 43.7 Å². The molecule has 188 valence electrons. The summed E-state index contributed by atoms with van der Waals surface area (Å²) >= 11 is 0. The molecule has 40 heavy (non-hydrogen) atoms. The van der Waals surface area contributed by atoms with Gasteiger partial charge in [-0.2, -0.15) is 0 Å². The summed E-state index contributed by atoms with van der Waals surface area (Å²) in [5.74, 6) is 6.88. The van der Waals surface area contributed by atoms with E-state index in [1.54, 1.807) is 0 Å². The molecule has 4 nitrogen and oxygen atoms in total. The lowest BCUT2D eigenvalue weighted by Crippen LogP contribution is -2.06. The monoisotopic (exact) mass is 512 g/mol. The smallest absolute Gasteiger partial charge is 0.0803 e. The zero-order valence-corrected chi connectivity index (χ0v) is 21.6. The number of aromatic nitrogens is 3. The average molecular weight is 513 g/mol. The van der Waals surface area contributed by atoms with Crippen LogP contribution in [0.15, 0.2) is 133 Å². The molecule has 3 aromatic heterocycles. The quantitative estimate of drug-likeness (QED) is 0.231.